The lowest BCUT2D eigenvalue weighted by molar-refractivity contribution is 0.235. The molecular formula is C16H24FN. The second kappa shape index (κ2) is 5.83. The molecule has 1 nitrogen and oxygen atoms in total. The summed E-state index contributed by atoms with van der Waals surface area (Å²) in [5.41, 5.74) is 1.83. The summed E-state index contributed by atoms with van der Waals surface area (Å²) in [4.78, 5) is 0. The summed E-state index contributed by atoms with van der Waals surface area (Å²) in [5, 5.41) is 3.32. The molecule has 1 saturated carbocycles. The van der Waals surface area contributed by atoms with Gasteiger partial charge in [0.05, 0.1) is 0 Å². The Morgan fingerprint density at radius 3 is 2.44 bits per heavy atom. The number of rotatable bonds is 3. The van der Waals surface area contributed by atoms with Crippen molar-refractivity contribution in [1.29, 1.82) is 0 Å². The van der Waals surface area contributed by atoms with Gasteiger partial charge in [0.1, 0.15) is 5.82 Å². The molecule has 100 valence electrons. The second-order valence-corrected chi connectivity index (χ2v) is 5.81. The molecule has 0 aliphatic heterocycles. The Labute approximate surface area is 110 Å². The SMILES string of the molecule is CNC(c1ccc(C)cc1F)C1CCC(C)CC1. The molecule has 0 bridgehead atoms. The van der Waals surface area contributed by atoms with Gasteiger partial charge in [0, 0.05) is 11.6 Å². The fraction of sp³-hybridized carbons (Fsp3) is 0.625. The number of nitrogens with one attached hydrogen (secondary N) is 1. The smallest absolute Gasteiger partial charge is 0.128 e. The number of hydrogen-bond donors (Lipinski definition) is 1. The van der Waals surface area contributed by atoms with Crippen molar-refractivity contribution in [3.05, 3.63) is 35.1 Å². The average Bonchev–Trinajstić information content (AvgIpc) is 2.35. The minimum Gasteiger partial charge on any atom is -0.313 e. The van der Waals surface area contributed by atoms with E-state index < -0.39 is 0 Å². The maximum Gasteiger partial charge on any atom is 0.128 e. The summed E-state index contributed by atoms with van der Waals surface area (Å²) in [7, 11) is 1.95. The molecule has 1 aromatic rings. The fourth-order valence-electron chi connectivity index (χ4n) is 3.15. The van der Waals surface area contributed by atoms with Crippen LogP contribution in [0, 0.1) is 24.6 Å². The monoisotopic (exact) mass is 249 g/mol. The molecular weight excluding hydrogens is 225 g/mol. The topological polar surface area (TPSA) is 12.0 Å². The van der Waals surface area contributed by atoms with Gasteiger partial charge < -0.3 is 5.32 Å². The first-order chi connectivity index (χ1) is 8.61. The Bertz CT molecular complexity index is 394. The van der Waals surface area contributed by atoms with Crippen LogP contribution in [-0.4, -0.2) is 7.05 Å². The average molecular weight is 249 g/mol. The first-order valence-corrected chi connectivity index (χ1v) is 7.05. The van der Waals surface area contributed by atoms with Gasteiger partial charge in [-0.3, -0.25) is 0 Å². The molecule has 1 fully saturated rings. The predicted molar refractivity (Wildman–Crippen MR) is 74.1 cm³/mol. The summed E-state index contributed by atoms with van der Waals surface area (Å²) >= 11 is 0. The van der Waals surface area contributed by atoms with Gasteiger partial charge in [-0.15, -0.1) is 0 Å². The van der Waals surface area contributed by atoms with Gasteiger partial charge >= 0.3 is 0 Å². The number of halogens is 1. The van der Waals surface area contributed by atoms with E-state index in [0.717, 1.165) is 17.0 Å². The quantitative estimate of drug-likeness (QED) is 0.845. The van der Waals surface area contributed by atoms with Crippen LogP contribution in [0.1, 0.15) is 49.8 Å². The largest absolute Gasteiger partial charge is 0.313 e. The van der Waals surface area contributed by atoms with Crippen LogP contribution in [0.2, 0.25) is 0 Å². The van der Waals surface area contributed by atoms with Crippen molar-refractivity contribution in [2.75, 3.05) is 7.05 Å². The Balaban J connectivity index is 2.17. The molecule has 1 aliphatic rings. The van der Waals surface area contributed by atoms with Crippen molar-refractivity contribution in [3.8, 4) is 0 Å². The van der Waals surface area contributed by atoms with E-state index in [9.17, 15) is 4.39 Å². The van der Waals surface area contributed by atoms with E-state index in [-0.39, 0.29) is 11.9 Å². The normalized spacial score (nSPS) is 26.0. The van der Waals surface area contributed by atoms with E-state index in [4.69, 9.17) is 0 Å². The number of benzene rings is 1. The lowest BCUT2D eigenvalue weighted by Gasteiger charge is -2.33. The van der Waals surface area contributed by atoms with Crippen LogP contribution in [0.25, 0.3) is 0 Å². The highest BCUT2D eigenvalue weighted by molar-refractivity contribution is 5.26. The van der Waals surface area contributed by atoms with Crippen molar-refractivity contribution in [2.45, 2.75) is 45.6 Å². The summed E-state index contributed by atoms with van der Waals surface area (Å²) in [5.74, 6) is 1.35. The van der Waals surface area contributed by atoms with E-state index in [2.05, 4.69) is 12.2 Å². The van der Waals surface area contributed by atoms with Gasteiger partial charge in [-0.2, -0.15) is 0 Å². The first kappa shape index (κ1) is 13.5. The van der Waals surface area contributed by atoms with Crippen LogP contribution in [0.4, 0.5) is 4.39 Å². The molecule has 1 aliphatic carbocycles. The summed E-state index contributed by atoms with van der Waals surface area (Å²) in [6, 6.07) is 5.77. The molecule has 18 heavy (non-hydrogen) atoms. The molecule has 0 amide bonds. The molecule has 1 atom stereocenters. The standard InChI is InChI=1S/C16H24FN/c1-11-4-7-13(8-5-11)16(18-3)14-9-6-12(2)10-15(14)17/h6,9-11,13,16,18H,4-5,7-8H2,1-3H3. The van der Waals surface area contributed by atoms with Gasteiger partial charge in [0.15, 0.2) is 0 Å². The molecule has 0 spiro atoms. The Morgan fingerprint density at radius 2 is 1.89 bits per heavy atom. The molecule has 2 heteroatoms. The molecule has 1 unspecified atom stereocenters. The van der Waals surface area contributed by atoms with Gasteiger partial charge in [-0.25, -0.2) is 4.39 Å². The molecule has 1 N–H and O–H groups in total. The van der Waals surface area contributed by atoms with Crippen LogP contribution < -0.4 is 5.32 Å². The second-order valence-electron chi connectivity index (χ2n) is 5.81. The van der Waals surface area contributed by atoms with Crippen molar-refractivity contribution < 1.29 is 4.39 Å². The van der Waals surface area contributed by atoms with Gasteiger partial charge in [-0.05, 0) is 50.3 Å². The summed E-state index contributed by atoms with van der Waals surface area (Å²) < 4.78 is 14.1. The molecule has 0 aromatic heterocycles. The fourth-order valence-corrected chi connectivity index (χ4v) is 3.15. The third-order valence-electron chi connectivity index (χ3n) is 4.33. The minimum atomic E-state index is -0.0621. The van der Waals surface area contributed by atoms with Crippen LogP contribution in [0.3, 0.4) is 0 Å². The Morgan fingerprint density at radius 1 is 1.22 bits per heavy atom. The highest BCUT2D eigenvalue weighted by Gasteiger charge is 2.27. The van der Waals surface area contributed by atoms with Crippen molar-refractivity contribution >= 4 is 0 Å². The molecule has 0 heterocycles. The first-order valence-electron chi connectivity index (χ1n) is 7.05. The lowest BCUT2D eigenvalue weighted by Crippen LogP contribution is -2.29. The third-order valence-corrected chi connectivity index (χ3v) is 4.33. The van der Waals surface area contributed by atoms with Crippen LogP contribution >= 0.6 is 0 Å². The van der Waals surface area contributed by atoms with Crippen LogP contribution in [-0.2, 0) is 0 Å². The zero-order chi connectivity index (χ0) is 13.1. The summed E-state index contributed by atoms with van der Waals surface area (Å²) in [6.07, 6.45) is 4.96. The molecule has 1 aromatic carbocycles. The Hall–Kier alpha value is -0.890. The van der Waals surface area contributed by atoms with Gasteiger partial charge in [-0.1, -0.05) is 31.9 Å². The van der Waals surface area contributed by atoms with Crippen molar-refractivity contribution in [2.24, 2.45) is 11.8 Å². The van der Waals surface area contributed by atoms with Gasteiger partial charge in [0.25, 0.3) is 0 Å². The van der Waals surface area contributed by atoms with E-state index >= 15 is 0 Å². The maximum absolute atomic E-state index is 14.1. The number of hydrogen-bond acceptors (Lipinski definition) is 1. The maximum atomic E-state index is 14.1. The van der Waals surface area contributed by atoms with E-state index in [1.165, 1.54) is 25.7 Å². The van der Waals surface area contributed by atoms with E-state index in [1.807, 2.05) is 26.1 Å². The van der Waals surface area contributed by atoms with Crippen LogP contribution in [0.5, 0.6) is 0 Å². The Kier molecular flexibility index (Phi) is 4.39. The van der Waals surface area contributed by atoms with E-state index in [1.54, 1.807) is 6.07 Å². The van der Waals surface area contributed by atoms with Crippen molar-refractivity contribution in [1.82, 2.24) is 5.32 Å². The molecule has 0 radical (unpaired) electrons. The highest BCUT2D eigenvalue weighted by Crippen LogP contribution is 2.37. The molecule has 2 rings (SSSR count). The zero-order valence-electron chi connectivity index (χ0n) is 11.7. The van der Waals surface area contributed by atoms with Crippen molar-refractivity contribution in [3.63, 3.8) is 0 Å². The summed E-state index contributed by atoms with van der Waals surface area (Å²) in [6.45, 7) is 4.25. The minimum absolute atomic E-state index is 0.0621. The van der Waals surface area contributed by atoms with E-state index in [0.29, 0.717) is 5.92 Å². The highest BCUT2D eigenvalue weighted by atomic mass is 19.1. The van der Waals surface area contributed by atoms with Gasteiger partial charge in [0.2, 0.25) is 0 Å². The van der Waals surface area contributed by atoms with Crippen LogP contribution in [0.15, 0.2) is 18.2 Å². The number of aryl methyl sites for hydroxylation is 1. The predicted octanol–water partition coefficient (Wildman–Crippen LogP) is 4.22. The lowest BCUT2D eigenvalue weighted by atomic mass is 9.77. The molecule has 0 saturated heterocycles. The third kappa shape index (κ3) is 2.92. The zero-order valence-corrected chi connectivity index (χ0v) is 11.7.